The van der Waals surface area contributed by atoms with Gasteiger partial charge in [-0.15, -0.1) is 0 Å². The number of hydrogen-bond donors (Lipinski definition) is 3. The van der Waals surface area contributed by atoms with Crippen molar-refractivity contribution >= 4 is 11.8 Å². The van der Waals surface area contributed by atoms with Crippen LogP contribution < -0.4 is 21.1 Å². The number of ether oxygens (including phenoxy) is 1. The Bertz CT molecular complexity index is 834. The SMILES string of the molecule is NC(=O)c1ccccc1Oc1ccc(C(=O)NC2CC3CC2CN3)cc1. The summed E-state index contributed by atoms with van der Waals surface area (Å²) in [6.07, 6.45) is 2.15. The lowest BCUT2D eigenvalue weighted by Gasteiger charge is -2.23. The molecule has 2 aromatic carbocycles. The highest BCUT2D eigenvalue weighted by molar-refractivity contribution is 5.96. The summed E-state index contributed by atoms with van der Waals surface area (Å²) >= 11 is 0. The molecule has 6 heteroatoms. The van der Waals surface area contributed by atoms with Crippen LogP contribution >= 0.6 is 0 Å². The quantitative estimate of drug-likeness (QED) is 0.769. The van der Waals surface area contributed by atoms with Gasteiger partial charge in [-0.05, 0) is 55.2 Å². The lowest BCUT2D eigenvalue weighted by atomic mass is 10.0. The number of benzene rings is 2. The number of rotatable bonds is 5. The molecule has 2 aromatic rings. The number of nitrogens with one attached hydrogen (secondary N) is 2. The zero-order valence-electron chi connectivity index (χ0n) is 14.3. The first-order valence-corrected chi connectivity index (χ1v) is 8.81. The number of hydrogen-bond acceptors (Lipinski definition) is 4. The molecule has 1 saturated carbocycles. The summed E-state index contributed by atoms with van der Waals surface area (Å²) in [5.41, 5.74) is 6.27. The largest absolute Gasteiger partial charge is 0.457 e. The molecule has 3 atom stereocenters. The van der Waals surface area contributed by atoms with E-state index in [2.05, 4.69) is 10.6 Å². The van der Waals surface area contributed by atoms with E-state index in [9.17, 15) is 9.59 Å². The Kier molecular flexibility index (Phi) is 4.34. The third kappa shape index (κ3) is 3.28. The zero-order valence-corrected chi connectivity index (χ0v) is 14.3. The second-order valence-electron chi connectivity index (χ2n) is 6.90. The number of fused-ring (bicyclic) bond motifs is 2. The zero-order chi connectivity index (χ0) is 18.1. The molecule has 2 fully saturated rings. The third-order valence-electron chi connectivity index (χ3n) is 5.18. The van der Waals surface area contributed by atoms with Crippen LogP contribution in [0.4, 0.5) is 0 Å². The maximum absolute atomic E-state index is 12.5. The molecule has 26 heavy (non-hydrogen) atoms. The van der Waals surface area contributed by atoms with E-state index in [1.807, 2.05) is 0 Å². The van der Waals surface area contributed by atoms with Crippen LogP contribution in [0.15, 0.2) is 48.5 Å². The predicted molar refractivity (Wildman–Crippen MR) is 97.2 cm³/mol. The van der Waals surface area contributed by atoms with Crippen molar-refractivity contribution in [3.8, 4) is 11.5 Å². The van der Waals surface area contributed by atoms with Crippen molar-refractivity contribution in [1.82, 2.24) is 10.6 Å². The van der Waals surface area contributed by atoms with Gasteiger partial charge in [-0.25, -0.2) is 0 Å². The number of carbonyl (C=O) groups is 2. The van der Waals surface area contributed by atoms with Gasteiger partial charge in [-0.2, -0.15) is 0 Å². The molecule has 2 aliphatic rings. The molecule has 2 amide bonds. The molecule has 1 heterocycles. The van der Waals surface area contributed by atoms with Crippen LogP contribution in [0.5, 0.6) is 11.5 Å². The Hall–Kier alpha value is -2.86. The Balaban J connectivity index is 1.42. The number of primary amides is 1. The number of piperidine rings is 1. The van der Waals surface area contributed by atoms with E-state index >= 15 is 0 Å². The van der Waals surface area contributed by atoms with Gasteiger partial charge in [0.2, 0.25) is 0 Å². The van der Waals surface area contributed by atoms with E-state index < -0.39 is 5.91 Å². The molecule has 2 bridgehead atoms. The fraction of sp³-hybridized carbons (Fsp3) is 0.300. The Labute approximate surface area is 151 Å². The van der Waals surface area contributed by atoms with Gasteiger partial charge in [0.05, 0.1) is 5.56 Å². The number of nitrogens with two attached hydrogens (primary N) is 1. The standard InChI is InChI=1S/C20H21N3O3/c21-19(24)16-3-1-2-4-18(16)26-15-7-5-12(6-8-15)20(25)23-17-10-14-9-13(17)11-22-14/h1-8,13-14,17,22H,9-11H2,(H2,21,24)(H,23,25). The van der Waals surface area contributed by atoms with Crippen molar-refractivity contribution in [1.29, 1.82) is 0 Å². The summed E-state index contributed by atoms with van der Waals surface area (Å²) < 4.78 is 5.74. The van der Waals surface area contributed by atoms with E-state index in [-0.39, 0.29) is 11.9 Å². The highest BCUT2D eigenvalue weighted by atomic mass is 16.5. The minimum atomic E-state index is -0.544. The second-order valence-corrected chi connectivity index (χ2v) is 6.90. The predicted octanol–water partition coefficient (Wildman–Crippen LogP) is 2.06. The normalized spacial score (nSPS) is 23.6. The Morgan fingerprint density at radius 3 is 2.50 bits per heavy atom. The maximum atomic E-state index is 12.5. The fourth-order valence-corrected chi connectivity index (χ4v) is 3.82. The molecule has 3 unspecified atom stereocenters. The summed E-state index contributed by atoms with van der Waals surface area (Å²) in [4.78, 5) is 23.9. The minimum absolute atomic E-state index is 0.0633. The average molecular weight is 351 g/mol. The number of para-hydroxylation sites is 1. The van der Waals surface area contributed by atoms with Gasteiger partial charge in [0.1, 0.15) is 11.5 Å². The fourth-order valence-electron chi connectivity index (χ4n) is 3.82. The van der Waals surface area contributed by atoms with Crippen molar-refractivity contribution in [3.05, 3.63) is 59.7 Å². The highest BCUT2D eigenvalue weighted by Gasteiger charge is 2.40. The molecule has 6 nitrogen and oxygen atoms in total. The highest BCUT2D eigenvalue weighted by Crippen LogP contribution is 2.31. The van der Waals surface area contributed by atoms with E-state index in [1.54, 1.807) is 48.5 Å². The van der Waals surface area contributed by atoms with Gasteiger partial charge in [-0.3, -0.25) is 9.59 Å². The summed E-state index contributed by atoms with van der Waals surface area (Å²) in [5.74, 6) is 0.867. The molecule has 1 saturated heterocycles. The van der Waals surface area contributed by atoms with Gasteiger partial charge < -0.3 is 21.1 Å². The Morgan fingerprint density at radius 2 is 1.85 bits per heavy atom. The molecular weight excluding hydrogens is 330 g/mol. The van der Waals surface area contributed by atoms with Crippen LogP contribution in [0.2, 0.25) is 0 Å². The summed E-state index contributed by atoms with van der Waals surface area (Å²) in [5, 5.41) is 6.58. The molecular formula is C20H21N3O3. The monoisotopic (exact) mass is 351 g/mol. The average Bonchev–Trinajstić information content (AvgIpc) is 3.25. The van der Waals surface area contributed by atoms with Crippen molar-refractivity contribution < 1.29 is 14.3 Å². The van der Waals surface area contributed by atoms with E-state index in [0.29, 0.717) is 34.6 Å². The summed E-state index contributed by atoms with van der Waals surface area (Å²) in [7, 11) is 0. The first kappa shape index (κ1) is 16.6. The van der Waals surface area contributed by atoms with Gasteiger partial charge in [0.25, 0.3) is 11.8 Å². The van der Waals surface area contributed by atoms with E-state index in [0.717, 1.165) is 19.4 Å². The van der Waals surface area contributed by atoms with E-state index in [4.69, 9.17) is 10.5 Å². The van der Waals surface area contributed by atoms with E-state index in [1.165, 1.54) is 0 Å². The number of carbonyl (C=O) groups excluding carboxylic acids is 2. The topological polar surface area (TPSA) is 93.5 Å². The van der Waals surface area contributed by atoms with Gasteiger partial charge in [-0.1, -0.05) is 12.1 Å². The third-order valence-corrected chi connectivity index (χ3v) is 5.18. The minimum Gasteiger partial charge on any atom is -0.457 e. The summed E-state index contributed by atoms with van der Waals surface area (Å²) in [6.45, 7) is 0.988. The van der Waals surface area contributed by atoms with Crippen LogP contribution in [0.25, 0.3) is 0 Å². The molecule has 0 spiro atoms. The molecule has 4 N–H and O–H groups in total. The maximum Gasteiger partial charge on any atom is 0.252 e. The van der Waals surface area contributed by atoms with Crippen LogP contribution in [-0.4, -0.2) is 30.4 Å². The van der Waals surface area contributed by atoms with Crippen molar-refractivity contribution in [3.63, 3.8) is 0 Å². The molecule has 134 valence electrons. The molecule has 0 radical (unpaired) electrons. The van der Waals surface area contributed by atoms with Gasteiger partial charge in [0.15, 0.2) is 0 Å². The van der Waals surface area contributed by atoms with Crippen molar-refractivity contribution in [2.45, 2.75) is 24.9 Å². The van der Waals surface area contributed by atoms with Crippen molar-refractivity contribution in [2.24, 2.45) is 11.7 Å². The molecule has 4 rings (SSSR count). The molecule has 1 aliphatic carbocycles. The summed E-state index contributed by atoms with van der Waals surface area (Å²) in [6, 6.07) is 14.5. The van der Waals surface area contributed by atoms with Gasteiger partial charge in [0, 0.05) is 24.2 Å². The van der Waals surface area contributed by atoms with Crippen LogP contribution in [0.1, 0.15) is 33.6 Å². The van der Waals surface area contributed by atoms with Gasteiger partial charge >= 0.3 is 0 Å². The smallest absolute Gasteiger partial charge is 0.252 e. The lowest BCUT2D eigenvalue weighted by Crippen LogP contribution is -2.44. The molecule has 1 aliphatic heterocycles. The Morgan fingerprint density at radius 1 is 1.08 bits per heavy atom. The lowest BCUT2D eigenvalue weighted by molar-refractivity contribution is 0.0924. The molecule has 0 aromatic heterocycles. The van der Waals surface area contributed by atoms with Crippen LogP contribution in [0, 0.1) is 5.92 Å². The van der Waals surface area contributed by atoms with Crippen LogP contribution in [0.3, 0.4) is 0 Å². The number of amides is 2. The first-order chi connectivity index (χ1) is 12.6. The van der Waals surface area contributed by atoms with Crippen molar-refractivity contribution in [2.75, 3.05) is 6.54 Å². The second kappa shape index (κ2) is 6.80. The first-order valence-electron chi connectivity index (χ1n) is 8.81. The van der Waals surface area contributed by atoms with Crippen LogP contribution in [-0.2, 0) is 0 Å².